The number of carbonyl (C=O) groups is 3. The first-order chi connectivity index (χ1) is 18.0. The maximum atomic E-state index is 14.8. The molecule has 0 aliphatic heterocycles. The summed E-state index contributed by atoms with van der Waals surface area (Å²) in [5, 5.41) is 15.8. The quantitative estimate of drug-likeness (QED) is 0.441. The molecule has 4 unspecified atom stereocenters. The van der Waals surface area contributed by atoms with Crippen LogP contribution >= 0.6 is 0 Å². The van der Waals surface area contributed by atoms with E-state index in [0.717, 1.165) is 32.1 Å². The molecule has 7 nitrogen and oxygen atoms in total. The van der Waals surface area contributed by atoms with Crippen molar-refractivity contribution in [3.05, 3.63) is 29.1 Å². The molecular formula is C30H41FN2O5. The third-order valence-corrected chi connectivity index (χ3v) is 10.1. The molecule has 2 bridgehead atoms. The minimum atomic E-state index is -0.818. The Hall–Kier alpha value is -2.64. The lowest BCUT2D eigenvalue weighted by atomic mass is 9.70. The third-order valence-electron chi connectivity index (χ3n) is 10.1. The minimum absolute atomic E-state index is 0.0145. The number of hydrogen-bond acceptors (Lipinski definition) is 4. The Morgan fingerprint density at radius 2 is 1.74 bits per heavy atom. The van der Waals surface area contributed by atoms with Gasteiger partial charge in [-0.3, -0.25) is 14.4 Å². The number of benzene rings is 1. The van der Waals surface area contributed by atoms with Gasteiger partial charge in [-0.25, -0.2) is 4.39 Å². The SMILES string of the molecule is Cc1cc(F)c(OC2CCC(C)(C(=O)O)CC2)cc1C(=O)NC1C2CCC(C2)C1C(=O)NCC1(C)CCC1. The van der Waals surface area contributed by atoms with E-state index in [0.29, 0.717) is 43.4 Å². The maximum Gasteiger partial charge on any atom is 0.309 e. The summed E-state index contributed by atoms with van der Waals surface area (Å²) < 4.78 is 20.8. The van der Waals surface area contributed by atoms with Gasteiger partial charge in [-0.15, -0.1) is 0 Å². The van der Waals surface area contributed by atoms with E-state index in [1.807, 2.05) is 0 Å². The highest BCUT2D eigenvalue weighted by atomic mass is 19.1. The van der Waals surface area contributed by atoms with Gasteiger partial charge in [0.1, 0.15) is 0 Å². The molecule has 4 aliphatic carbocycles. The number of carboxylic acid groups (broad SMARTS) is 1. The van der Waals surface area contributed by atoms with Crippen LogP contribution in [0.2, 0.25) is 0 Å². The van der Waals surface area contributed by atoms with Crippen molar-refractivity contribution in [3.8, 4) is 5.75 Å². The zero-order chi connectivity index (χ0) is 27.2. The predicted octanol–water partition coefficient (Wildman–Crippen LogP) is 5.00. The zero-order valence-electron chi connectivity index (χ0n) is 22.8. The molecule has 4 fully saturated rings. The fraction of sp³-hybridized carbons (Fsp3) is 0.700. The first-order valence-corrected chi connectivity index (χ1v) is 14.3. The predicted molar refractivity (Wildman–Crippen MR) is 140 cm³/mol. The van der Waals surface area contributed by atoms with Crippen molar-refractivity contribution < 1.29 is 28.6 Å². The van der Waals surface area contributed by atoms with Crippen LogP contribution in [0.25, 0.3) is 0 Å². The van der Waals surface area contributed by atoms with E-state index in [9.17, 15) is 23.9 Å². The number of hydrogen-bond donors (Lipinski definition) is 3. The number of aryl methyl sites for hydroxylation is 1. The number of carbonyl (C=O) groups excluding carboxylic acids is 2. The molecule has 4 saturated carbocycles. The fourth-order valence-corrected chi connectivity index (χ4v) is 7.21. The lowest BCUT2D eigenvalue weighted by molar-refractivity contribution is -0.150. The minimum Gasteiger partial charge on any atom is -0.487 e. The van der Waals surface area contributed by atoms with Crippen LogP contribution in [0.5, 0.6) is 5.75 Å². The molecule has 4 aliphatic rings. The van der Waals surface area contributed by atoms with Crippen LogP contribution in [0.15, 0.2) is 12.1 Å². The molecule has 8 heteroatoms. The standard InChI is InChI=1S/C30H41FN2O5/c1-17-13-22(31)23(38-20-7-11-30(3,12-8-20)28(36)37)15-21(17)26(34)33-25-19-6-5-18(14-19)24(25)27(35)32-16-29(2)9-4-10-29/h13,15,18-20,24-25H,4-12,14,16H2,1-3H3,(H,32,35)(H,33,34)(H,36,37). The molecule has 208 valence electrons. The second kappa shape index (κ2) is 10.2. The number of carboxylic acids is 1. The summed E-state index contributed by atoms with van der Waals surface area (Å²) in [5.41, 5.74) is 0.265. The summed E-state index contributed by atoms with van der Waals surface area (Å²) >= 11 is 0. The van der Waals surface area contributed by atoms with Crippen LogP contribution in [0.3, 0.4) is 0 Å². The van der Waals surface area contributed by atoms with Crippen molar-refractivity contribution in [1.82, 2.24) is 10.6 Å². The number of fused-ring (bicyclic) bond motifs is 2. The second-order valence-corrected chi connectivity index (χ2v) is 13.0. The highest BCUT2D eigenvalue weighted by molar-refractivity contribution is 5.96. The van der Waals surface area contributed by atoms with Gasteiger partial charge in [-0.2, -0.15) is 0 Å². The Morgan fingerprint density at radius 1 is 1.05 bits per heavy atom. The number of amides is 2. The summed E-state index contributed by atoms with van der Waals surface area (Å²) in [6.07, 6.45) is 8.10. The number of halogens is 1. The van der Waals surface area contributed by atoms with E-state index >= 15 is 0 Å². The van der Waals surface area contributed by atoms with Crippen molar-refractivity contribution in [1.29, 1.82) is 0 Å². The summed E-state index contributed by atoms with van der Waals surface area (Å²) in [7, 11) is 0. The van der Waals surface area contributed by atoms with E-state index in [-0.39, 0.29) is 52.9 Å². The molecule has 0 aromatic heterocycles. The molecule has 5 rings (SSSR count). The van der Waals surface area contributed by atoms with Crippen LogP contribution in [0.4, 0.5) is 4.39 Å². The van der Waals surface area contributed by atoms with Crippen molar-refractivity contribution in [3.63, 3.8) is 0 Å². The van der Waals surface area contributed by atoms with Gasteiger partial charge in [-0.1, -0.05) is 13.3 Å². The monoisotopic (exact) mass is 528 g/mol. The first kappa shape index (κ1) is 26.9. The number of ether oxygens (including phenoxy) is 1. The Labute approximate surface area is 224 Å². The Bertz CT molecular complexity index is 1110. The van der Waals surface area contributed by atoms with Crippen molar-refractivity contribution in [2.45, 2.75) is 97.1 Å². The molecule has 0 radical (unpaired) electrons. The maximum absolute atomic E-state index is 14.8. The molecule has 1 aromatic carbocycles. The molecule has 3 N–H and O–H groups in total. The van der Waals surface area contributed by atoms with Gasteiger partial charge in [0.25, 0.3) is 5.91 Å². The van der Waals surface area contributed by atoms with Gasteiger partial charge in [-0.05, 0) is 107 Å². The summed E-state index contributed by atoms with van der Waals surface area (Å²) in [4.78, 5) is 38.3. The van der Waals surface area contributed by atoms with Crippen LogP contribution in [-0.2, 0) is 9.59 Å². The fourth-order valence-electron chi connectivity index (χ4n) is 7.21. The van der Waals surface area contributed by atoms with E-state index < -0.39 is 17.2 Å². The van der Waals surface area contributed by atoms with E-state index in [1.54, 1.807) is 13.8 Å². The lowest BCUT2D eigenvalue weighted by Gasteiger charge is -2.39. The molecule has 0 saturated heterocycles. The van der Waals surface area contributed by atoms with Gasteiger partial charge in [0, 0.05) is 18.2 Å². The molecule has 2 amide bonds. The normalized spacial score (nSPS) is 33.3. The van der Waals surface area contributed by atoms with Gasteiger partial charge in [0.2, 0.25) is 5.91 Å². The smallest absolute Gasteiger partial charge is 0.309 e. The third kappa shape index (κ3) is 5.15. The molecule has 38 heavy (non-hydrogen) atoms. The van der Waals surface area contributed by atoms with Crippen LogP contribution in [-0.4, -0.2) is 41.6 Å². The zero-order valence-corrected chi connectivity index (χ0v) is 22.8. The Balaban J connectivity index is 1.26. The van der Waals surface area contributed by atoms with Gasteiger partial charge in [0.05, 0.1) is 17.4 Å². The average Bonchev–Trinajstić information content (AvgIpc) is 3.46. The van der Waals surface area contributed by atoms with E-state index in [2.05, 4.69) is 17.6 Å². The van der Waals surface area contributed by atoms with Crippen LogP contribution < -0.4 is 15.4 Å². The second-order valence-electron chi connectivity index (χ2n) is 13.0. The molecule has 0 spiro atoms. The topological polar surface area (TPSA) is 105 Å². The van der Waals surface area contributed by atoms with E-state index in [4.69, 9.17) is 4.74 Å². The number of aliphatic carboxylic acids is 1. The van der Waals surface area contributed by atoms with Crippen molar-refractivity contribution in [2.75, 3.05) is 6.54 Å². The van der Waals surface area contributed by atoms with Crippen LogP contribution in [0, 0.1) is 41.3 Å². The summed E-state index contributed by atoms with van der Waals surface area (Å²) in [5.74, 6) is -1.27. The summed E-state index contributed by atoms with van der Waals surface area (Å²) in [6, 6.07) is 2.56. The highest BCUT2D eigenvalue weighted by Gasteiger charge is 2.51. The first-order valence-electron chi connectivity index (χ1n) is 14.3. The Morgan fingerprint density at radius 3 is 2.37 bits per heavy atom. The molecule has 4 atom stereocenters. The van der Waals surface area contributed by atoms with Crippen molar-refractivity contribution >= 4 is 17.8 Å². The number of rotatable bonds is 8. The molecule has 0 heterocycles. The van der Waals surface area contributed by atoms with Crippen LogP contribution in [0.1, 0.15) is 94.0 Å². The van der Waals surface area contributed by atoms with Gasteiger partial charge >= 0.3 is 5.97 Å². The van der Waals surface area contributed by atoms with E-state index in [1.165, 1.54) is 18.6 Å². The lowest BCUT2D eigenvalue weighted by Crippen LogP contribution is -2.51. The number of nitrogens with one attached hydrogen (secondary N) is 2. The Kier molecular flexibility index (Phi) is 7.20. The largest absolute Gasteiger partial charge is 0.487 e. The average molecular weight is 529 g/mol. The van der Waals surface area contributed by atoms with Gasteiger partial charge in [0.15, 0.2) is 11.6 Å². The molecular weight excluding hydrogens is 487 g/mol. The van der Waals surface area contributed by atoms with Crippen molar-refractivity contribution in [2.24, 2.45) is 28.6 Å². The highest BCUT2D eigenvalue weighted by Crippen LogP contribution is 2.49. The molecule has 1 aromatic rings. The van der Waals surface area contributed by atoms with Gasteiger partial charge < -0.3 is 20.5 Å². The summed E-state index contributed by atoms with van der Waals surface area (Å²) in [6.45, 7) is 6.33.